The molecule has 0 unspecified atom stereocenters. The second-order valence-corrected chi connectivity index (χ2v) is 7.02. The van der Waals surface area contributed by atoms with E-state index in [4.69, 9.17) is 16.3 Å². The Bertz CT molecular complexity index is 573. The third kappa shape index (κ3) is 7.28. The van der Waals surface area contributed by atoms with E-state index in [2.05, 4.69) is 5.32 Å². The lowest BCUT2D eigenvalue weighted by Crippen LogP contribution is -2.27. The van der Waals surface area contributed by atoms with Gasteiger partial charge in [0.2, 0.25) is 5.91 Å². The van der Waals surface area contributed by atoms with E-state index >= 15 is 0 Å². The Morgan fingerprint density at radius 2 is 1.83 bits per heavy atom. The first kappa shape index (κ1) is 18.7. The Morgan fingerprint density at radius 3 is 2.54 bits per heavy atom. The smallest absolute Gasteiger partial charge is 0.220 e. The molecule has 2 aromatic rings. The molecular weight excluding hydrogens is 342 g/mol. The molecule has 0 aromatic heterocycles. The third-order valence-corrected chi connectivity index (χ3v) is 4.69. The molecule has 0 aliphatic carbocycles. The van der Waals surface area contributed by atoms with Gasteiger partial charge in [-0.15, -0.1) is 11.8 Å². The van der Waals surface area contributed by atoms with Crippen molar-refractivity contribution in [1.29, 1.82) is 0 Å². The van der Waals surface area contributed by atoms with E-state index < -0.39 is 0 Å². The Hall–Kier alpha value is -1.65. The first-order chi connectivity index (χ1) is 11.6. The lowest BCUT2D eigenvalue weighted by Gasteiger charge is -2.08. The van der Waals surface area contributed by atoms with E-state index in [1.165, 1.54) is 10.5 Å². The van der Waals surface area contributed by atoms with Gasteiger partial charge in [0.1, 0.15) is 12.4 Å². The van der Waals surface area contributed by atoms with E-state index in [1.54, 1.807) is 11.8 Å². The monoisotopic (exact) mass is 363 g/mol. The van der Waals surface area contributed by atoms with Crippen LogP contribution in [-0.4, -0.2) is 24.8 Å². The van der Waals surface area contributed by atoms with Gasteiger partial charge in [-0.25, -0.2) is 0 Å². The van der Waals surface area contributed by atoms with Gasteiger partial charge in [-0.1, -0.05) is 29.3 Å². The SMILES string of the molecule is Cc1ccc(OCCNC(=O)CCCSc2ccc(Cl)cc2)cc1. The zero-order valence-electron chi connectivity index (χ0n) is 13.8. The van der Waals surface area contributed by atoms with Crippen LogP contribution in [0.4, 0.5) is 0 Å². The summed E-state index contributed by atoms with van der Waals surface area (Å²) in [5.74, 6) is 1.81. The van der Waals surface area contributed by atoms with Crippen molar-refractivity contribution in [2.45, 2.75) is 24.7 Å². The summed E-state index contributed by atoms with van der Waals surface area (Å²) in [6, 6.07) is 15.6. The number of aryl methyl sites for hydroxylation is 1. The van der Waals surface area contributed by atoms with Crippen LogP contribution in [0.5, 0.6) is 5.75 Å². The molecule has 1 N–H and O–H groups in total. The topological polar surface area (TPSA) is 38.3 Å². The molecule has 0 aliphatic rings. The molecule has 0 spiro atoms. The Morgan fingerprint density at radius 1 is 1.12 bits per heavy atom. The highest BCUT2D eigenvalue weighted by Crippen LogP contribution is 2.21. The van der Waals surface area contributed by atoms with Crippen LogP contribution in [0, 0.1) is 6.92 Å². The van der Waals surface area contributed by atoms with Crippen LogP contribution in [0.25, 0.3) is 0 Å². The van der Waals surface area contributed by atoms with Gasteiger partial charge in [0.05, 0.1) is 6.54 Å². The largest absolute Gasteiger partial charge is 0.492 e. The number of ether oxygens (including phenoxy) is 1. The number of hydrogen-bond donors (Lipinski definition) is 1. The number of halogens is 1. The lowest BCUT2D eigenvalue weighted by atomic mass is 10.2. The molecule has 0 radical (unpaired) electrons. The Labute approximate surface area is 152 Å². The molecule has 0 atom stereocenters. The maximum atomic E-state index is 11.8. The van der Waals surface area contributed by atoms with Gasteiger partial charge in [-0.2, -0.15) is 0 Å². The number of hydrogen-bond acceptors (Lipinski definition) is 3. The molecule has 0 saturated carbocycles. The third-order valence-electron chi connectivity index (χ3n) is 3.34. The number of benzene rings is 2. The maximum Gasteiger partial charge on any atom is 0.220 e. The molecule has 0 saturated heterocycles. The molecule has 24 heavy (non-hydrogen) atoms. The average molecular weight is 364 g/mol. The molecule has 128 valence electrons. The van der Waals surface area contributed by atoms with Crippen molar-refractivity contribution in [1.82, 2.24) is 5.32 Å². The zero-order chi connectivity index (χ0) is 17.2. The minimum absolute atomic E-state index is 0.0687. The molecule has 3 nitrogen and oxygen atoms in total. The normalized spacial score (nSPS) is 10.4. The summed E-state index contributed by atoms with van der Waals surface area (Å²) in [7, 11) is 0. The van der Waals surface area contributed by atoms with Crippen molar-refractivity contribution in [2.75, 3.05) is 18.9 Å². The van der Waals surface area contributed by atoms with E-state index in [-0.39, 0.29) is 5.91 Å². The second kappa shape index (κ2) is 10.3. The Balaban J connectivity index is 1.52. The summed E-state index contributed by atoms with van der Waals surface area (Å²) in [5.41, 5.74) is 1.20. The summed E-state index contributed by atoms with van der Waals surface area (Å²) < 4.78 is 5.57. The molecule has 5 heteroatoms. The quantitative estimate of drug-likeness (QED) is 0.517. The van der Waals surface area contributed by atoms with Crippen molar-refractivity contribution in [3.05, 3.63) is 59.1 Å². The molecule has 1 amide bonds. The van der Waals surface area contributed by atoms with Crippen LogP contribution >= 0.6 is 23.4 Å². The molecule has 0 bridgehead atoms. The van der Waals surface area contributed by atoms with Crippen LogP contribution < -0.4 is 10.1 Å². The van der Waals surface area contributed by atoms with Crippen molar-refractivity contribution >= 4 is 29.3 Å². The summed E-state index contributed by atoms with van der Waals surface area (Å²) in [6.45, 7) is 3.04. The molecule has 0 fully saturated rings. The van der Waals surface area contributed by atoms with Crippen molar-refractivity contribution in [2.24, 2.45) is 0 Å². The predicted molar refractivity (Wildman–Crippen MR) is 101 cm³/mol. The fourth-order valence-corrected chi connectivity index (χ4v) is 3.01. The Kier molecular flexibility index (Phi) is 7.99. The molecule has 2 rings (SSSR count). The van der Waals surface area contributed by atoms with Crippen LogP contribution in [-0.2, 0) is 4.79 Å². The molecular formula is C19H22ClNO2S. The number of rotatable bonds is 9. The predicted octanol–water partition coefficient (Wildman–Crippen LogP) is 4.72. The molecule has 0 heterocycles. The second-order valence-electron chi connectivity index (χ2n) is 5.42. The van der Waals surface area contributed by atoms with E-state index in [9.17, 15) is 4.79 Å². The van der Waals surface area contributed by atoms with Gasteiger partial charge in [0.15, 0.2) is 0 Å². The zero-order valence-corrected chi connectivity index (χ0v) is 15.3. The summed E-state index contributed by atoms with van der Waals surface area (Å²) in [4.78, 5) is 12.9. The van der Waals surface area contributed by atoms with Gasteiger partial charge in [0, 0.05) is 16.3 Å². The summed E-state index contributed by atoms with van der Waals surface area (Å²) >= 11 is 7.58. The number of carbonyl (C=O) groups excluding carboxylic acids is 1. The number of carbonyl (C=O) groups is 1. The van der Waals surface area contributed by atoms with Crippen LogP contribution in [0.2, 0.25) is 5.02 Å². The maximum absolute atomic E-state index is 11.8. The highest BCUT2D eigenvalue weighted by Gasteiger charge is 2.02. The highest BCUT2D eigenvalue weighted by molar-refractivity contribution is 7.99. The highest BCUT2D eigenvalue weighted by atomic mass is 35.5. The van der Waals surface area contributed by atoms with Gasteiger partial charge in [-0.05, 0) is 55.5 Å². The minimum atomic E-state index is 0.0687. The lowest BCUT2D eigenvalue weighted by molar-refractivity contribution is -0.121. The average Bonchev–Trinajstić information content (AvgIpc) is 2.59. The fourth-order valence-electron chi connectivity index (χ4n) is 2.04. The number of nitrogens with one attached hydrogen (secondary N) is 1. The van der Waals surface area contributed by atoms with E-state index in [0.717, 1.165) is 22.9 Å². The van der Waals surface area contributed by atoms with E-state index in [1.807, 2.05) is 55.5 Å². The van der Waals surface area contributed by atoms with Gasteiger partial charge in [-0.3, -0.25) is 4.79 Å². The minimum Gasteiger partial charge on any atom is -0.492 e. The van der Waals surface area contributed by atoms with Gasteiger partial charge in [0.25, 0.3) is 0 Å². The molecule has 0 aliphatic heterocycles. The van der Waals surface area contributed by atoms with Crippen LogP contribution in [0.1, 0.15) is 18.4 Å². The van der Waals surface area contributed by atoms with Gasteiger partial charge < -0.3 is 10.1 Å². The number of amides is 1. The van der Waals surface area contributed by atoms with Gasteiger partial charge >= 0.3 is 0 Å². The molecule has 2 aromatic carbocycles. The van der Waals surface area contributed by atoms with Crippen LogP contribution in [0.3, 0.4) is 0 Å². The number of thioether (sulfide) groups is 1. The van der Waals surface area contributed by atoms with Crippen molar-refractivity contribution in [3.8, 4) is 5.75 Å². The van der Waals surface area contributed by atoms with Crippen molar-refractivity contribution < 1.29 is 9.53 Å². The first-order valence-corrected chi connectivity index (χ1v) is 9.34. The van der Waals surface area contributed by atoms with Crippen molar-refractivity contribution in [3.63, 3.8) is 0 Å². The van der Waals surface area contributed by atoms with Crippen LogP contribution in [0.15, 0.2) is 53.4 Å². The van der Waals surface area contributed by atoms with E-state index in [0.29, 0.717) is 19.6 Å². The summed E-state index contributed by atoms with van der Waals surface area (Å²) in [5, 5.41) is 3.62. The standard InChI is InChI=1S/C19H22ClNO2S/c1-15-4-8-17(9-5-15)23-13-12-21-19(22)3-2-14-24-18-10-6-16(20)7-11-18/h4-11H,2-3,12-14H2,1H3,(H,21,22). The first-order valence-electron chi connectivity index (χ1n) is 7.98. The fraction of sp³-hybridized carbons (Fsp3) is 0.316. The summed E-state index contributed by atoms with van der Waals surface area (Å²) in [6.07, 6.45) is 1.38.